The SMILES string of the molecule is COC(=O)c1c(NC(=S)Nc2ccc(S(=O)(=O)NC(=O)c3ccccc3)cc2)sc2c1CCC(C)C2. The number of methoxy groups -OCH3 is 1. The van der Waals surface area contributed by atoms with Crippen molar-refractivity contribution in [2.45, 2.75) is 31.1 Å². The summed E-state index contributed by atoms with van der Waals surface area (Å²) in [5.41, 5.74) is 2.31. The highest BCUT2D eigenvalue weighted by Gasteiger charge is 2.28. The maximum Gasteiger partial charge on any atom is 0.341 e. The van der Waals surface area contributed by atoms with E-state index in [9.17, 15) is 18.0 Å². The number of anilines is 2. The van der Waals surface area contributed by atoms with E-state index in [1.807, 2.05) is 0 Å². The Morgan fingerprint density at radius 3 is 2.42 bits per heavy atom. The second-order valence-electron chi connectivity index (χ2n) is 8.45. The van der Waals surface area contributed by atoms with Crippen LogP contribution in [0.15, 0.2) is 59.5 Å². The molecule has 1 heterocycles. The minimum Gasteiger partial charge on any atom is -0.465 e. The molecule has 1 amide bonds. The highest BCUT2D eigenvalue weighted by atomic mass is 32.2. The molecule has 36 heavy (non-hydrogen) atoms. The summed E-state index contributed by atoms with van der Waals surface area (Å²) in [4.78, 5) is 25.8. The number of carbonyl (C=O) groups excluding carboxylic acids is 2. The van der Waals surface area contributed by atoms with E-state index in [1.165, 1.54) is 54.8 Å². The van der Waals surface area contributed by atoms with E-state index in [0.717, 1.165) is 29.7 Å². The van der Waals surface area contributed by atoms with E-state index in [-0.39, 0.29) is 15.6 Å². The lowest BCUT2D eigenvalue weighted by Gasteiger charge is -2.18. The summed E-state index contributed by atoms with van der Waals surface area (Å²) in [7, 11) is -2.69. The Hall–Kier alpha value is -3.28. The van der Waals surface area contributed by atoms with Gasteiger partial charge in [0, 0.05) is 16.1 Å². The molecule has 11 heteroatoms. The monoisotopic (exact) mass is 543 g/mol. The summed E-state index contributed by atoms with van der Waals surface area (Å²) in [6.07, 6.45) is 2.73. The molecule has 4 rings (SSSR count). The summed E-state index contributed by atoms with van der Waals surface area (Å²) in [6.45, 7) is 2.19. The Kier molecular flexibility index (Phi) is 7.72. The zero-order valence-corrected chi connectivity index (χ0v) is 22.1. The van der Waals surface area contributed by atoms with Crippen molar-refractivity contribution in [1.29, 1.82) is 0 Å². The van der Waals surface area contributed by atoms with Gasteiger partial charge >= 0.3 is 5.97 Å². The average Bonchev–Trinajstić information content (AvgIpc) is 3.20. The van der Waals surface area contributed by atoms with E-state index < -0.39 is 21.9 Å². The van der Waals surface area contributed by atoms with Crippen LogP contribution in [0.5, 0.6) is 0 Å². The summed E-state index contributed by atoms with van der Waals surface area (Å²) in [5.74, 6) is -0.566. The van der Waals surface area contributed by atoms with Gasteiger partial charge in [0.05, 0.1) is 17.6 Å². The summed E-state index contributed by atoms with van der Waals surface area (Å²) in [6, 6.07) is 13.9. The molecule has 0 radical (unpaired) electrons. The molecule has 3 N–H and O–H groups in total. The fraction of sp³-hybridized carbons (Fsp3) is 0.240. The number of amides is 1. The van der Waals surface area contributed by atoms with Crippen LogP contribution in [0.4, 0.5) is 10.7 Å². The van der Waals surface area contributed by atoms with E-state index in [2.05, 4.69) is 22.3 Å². The molecule has 8 nitrogen and oxygen atoms in total. The molecular formula is C25H25N3O5S3. The average molecular weight is 544 g/mol. The molecule has 0 bridgehead atoms. The molecule has 3 aromatic rings. The van der Waals surface area contributed by atoms with Crippen LogP contribution in [-0.4, -0.2) is 32.5 Å². The van der Waals surface area contributed by atoms with Crippen molar-refractivity contribution >= 4 is 61.3 Å². The molecular weight excluding hydrogens is 518 g/mol. The zero-order chi connectivity index (χ0) is 25.9. The van der Waals surface area contributed by atoms with Gasteiger partial charge in [0.2, 0.25) is 0 Å². The van der Waals surface area contributed by atoms with Gasteiger partial charge in [0.1, 0.15) is 5.00 Å². The van der Waals surface area contributed by atoms with Crippen LogP contribution in [0.2, 0.25) is 0 Å². The van der Waals surface area contributed by atoms with Crippen LogP contribution < -0.4 is 15.4 Å². The first kappa shape index (κ1) is 25.8. The van der Waals surface area contributed by atoms with Gasteiger partial charge in [-0.1, -0.05) is 25.1 Å². The van der Waals surface area contributed by atoms with Crippen molar-refractivity contribution in [2.75, 3.05) is 17.7 Å². The van der Waals surface area contributed by atoms with Crippen LogP contribution >= 0.6 is 23.6 Å². The number of benzene rings is 2. The Morgan fingerprint density at radius 2 is 1.75 bits per heavy atom. The number of thiophene rings is 1. The van der Waals surface area contributed by atoms with Gasteiger partial charge in [0.25, 0.3) is 15.9 Å². The fourth-order valence-electron chi connectivity index (χ4n) is 3.97. The van der Waals surface area contributed by atoms with Crippen molar-refractivity contribution in [3.63, 3.8) is 0 Å². The van der Waals surface area contributed by atoms with Gasteiger partial charge in [0.15, 0.2) is 5.11 Å². The molecule has 1 aromatic heterocycles. The standard InChI is InChI=1S/C25H25N3O5S3/c1-15-8-13-19-20(14-15)35-23(21(19)24(30)33-2)27-25(34)26-17-9-11-18(12-10-17)36(31,32)28-22(29)16-6-4-3-5-7-16/h3-7,9-12,15H,8,13-14H2,1-2H3,(H,28,29)(H2,26,27,34). The summed E-state index contributed by atoms with van der Waals surface area (Å²) >= 11 is 6.94. The number of hydrogen-bond acceptors (Lipinski definition) is 7. The van der Waals surface area contributed by atoms with Gasteiger partial charge in [-0.2, -0.15) is 0 Å². The van der Waals surface area contributed by atoms with E-state index in [4.69, 9.17) is 17.0 Å². The van der Waals surface area contributed by atoms with Crippen molar-refractivity contribution < 1.29 is 22.7 Å². The molecule has 0 spiro atoms. The number of fused-ring (bicyclic) bond motifs is 1. The minimum absolute atomic E-state index is 0.0655. The predicted molar refractivity (Wildman–Crippen MR) is 144 cm³/mol. The topological polar surface area (TPSA) is 114 Å². The molecule has 1 atom stereocenters. The first-order valence-corrected chi connectivity index (χ1v) is 13.9. The highest BCUT2D eigenvalue weighted by molar-refractivity contribution is 7.90. The van der Waals surface area contributed by atoms with Gasteiger partial charge in [-0.3, -0.25) is 4.79 Å². The molecule has 0 saturated heterocycles. The third-order valence-electron chi connectivity index (χ3n) is 5.81. The number of thiocarbonyl (C=S) groups is 1. The summed E-state index contributed by atoms with van der Waals surface area (Å²) in [5, 5.41) is 6.98. The van der Waals surface area contributed by atoms with Crippen LogP contribution in [-0.2, 0) is 27.6 Å². The van der Waals surface area contributed by atoms with Crippen molar-refractivity contribution in [3.8, 4) is 0 Å². The van der Waals surface area contributed by atoms with E-state index in [0.29, 0.717) is 22.2 Å². The lowest BCUT2D eigenvalue weighted by atomic mass is 9.88. The lowest BCUT2D eigenvalue weighted by molar-refractivity contribution is 0.0600. The zero-order valence-electron chi connectivity index (χ0n) is 19.7. The van der Waals surface area contributed by atoms with Crippen LogP contribution in [0.3, 0.4) is 0 Å². The molecule has 1 aliphatic carbocycles. The maximum atomic E-state index is 12.6. The van der Waals surface area contributed by atoms with Crippen molar-refractivity contribution in [2.24, 2.45) is 5.92 Å². The predicted octanol–water partition coefficient (Wildman–Crippen LogP) is 4.59. The first-order valence-electron chi connectivity index (χ1n) is 11.2. The number of esters is 1. The van der Waals surface area contributed by atoms with Crippen molar-refractivity contribution in [1.82, 2.24) is 4.72 Å². The first-order chi connectivity index (χ1) is 17.2. The Balaban J connectivity index is 1.44. The number of rotatable bonds is 6. The van der Waals surface area contributed by atoms with Gasteiger partial charge in [-0.05, 0) is 79.4 Å². The number of carbonyl (C=O) groups is 2. The second-order valence-corrected chi connectivity index (χ2v) is 11.6. The Labute approximate surface area is 219 Å². The van der Waals surface area contributed by atoms with Gasteiger partial charge in [-0.15, -0.1) is 11.3 Å². The lowest BCUT2D eigenvalue weighted by Crippen LogP contribution is -2.30. The number of nitrogens with one attached hydrogen (secondary N) is 3. The normalized spacial score (nSPS) is 14.9. The van der Waals surface area contributed by atoms with Crippen LogP contribution in [0.25, 0.3) is 0 Å². The molecule has 188 valence electrons. The van der Waals surface area contributed by atoms with Crippen LogP contribution in [0.1, 0.15) is 44.5 Å². The molecule has 1 unspecified atom stereocenters. The van der Waals surface area contributed by atoms with Crippen molar-refractivity contribution in [3.05, 3.63) is 76.2 Å². The molecule has 0 fully saturated rings. The summed E-state index contributed by atoms with van der Waals surface area (Å²) < 4.78 is 32.3. The third kappa shape index (κ3) is 5.75. The Morgan fingerprint density at radius 1 is 1.06 bits per heavy atom. The number of ether oxygens (including phenoxy) is 1. The molecule has 1 aliphatic rings. The number of sulfonamides is 1. The van der Waals surface area contributed by atoms with Gasteiger partial charge < -0.3 is 15.4 Å². The molecule has 2 aromatic carbocycles. The minimum atomic E-state index is -4.05. The largest absolute Gasteiger partial charge is 0.465 e. The van der Waals surface area contributed by atoms with E-state index >= 15 is 0 Å². The third-order valence-corrected chi connectivity index (χ3v) is 8.53. The fourth-order valence-corrected chi connectivity index (χ4v) is 6.63. The second kappa shape index (κ2) is 10.8. The van der Waals surface area contributed by atoms with Crippen LogP contribution in [0, 0.1) is 5.92 Å². The molecule has 0 aliphatic heterocycles. The maximum absolute atomic E-state index is 12.6. The number of hydrogen-bond donors (Lipinski definition) is 3. The molecule has 0 saturated carbocycles. The van der Waals surface area contributed by atoms with Gasteiger partial charge in [-0.25, -0.2) is 17.9 Å². The quantitative estimate of drug-likeness (QED) is 0.306. The van der Waals surface area contributed by atoms with E-state index in [1.54, 1.807) is 18.2 Å². The Bertz CT molecular complexity index is 1400. The smallest absolute Gasteiger partial charge is 0.341 e. The highest BCUT2D eigenvalue weighted by Crippen LogP contribution is 2.40.